The summed E-state index contributed by atoms with van der Waals surface area (Å²) in [4.78, 5) is 0. The number of rotatable bonds is 3. The highest BCUT2D eigenvalue weighted by Gasteiger charge is 2.04. The van der Waals surface area contributed by atoms with E-state index in [1.807, 2.05) is 0 Å². The van der Waals surface area contributed by atoms with E-state index in [-0.39, 0.29) is 17.9 Å². The summed E-state index contributed by atoms with van der Waals surface area (Å²) < 4.78 is 17.7. The summed E-state index contributed by atoms with van der Waals surface area (Å²) in [6.07, 6.45) is 0. The highest BCUT2D eigenvalue weighted by atomic mass is 35.5. The third kappa shape index (κ3) is 2.75. The van der Waals surface area contributed by atoms with Gasteiger partial charge in [0, 0.05) is 11.1 Å². The van der Waals surface area contributed by atoms with Gasteiger partial charge in [-0.1, -0.05) is 18.2 Å². The Morgan fingerprint density at radius 3 is 3.07 bits per heavy atom. The molecule has 1 radical (unpaired) electrons. The van der Waals surface area contributed by atoms with Crippen LogP contribution in [-0.2, 0) is 0 Å². The molecule has 0 spiro atoms. The minimum Gasteiger partial charge on any atom is -0.487 e. The largest absolute Gasteiger partial charge is 0.487 e. The van der Waals surface area contributed by atoms with Crippen molar-refractivity contribution >= 4 is 11.6 Å². The molecule has 1 aromatic carbocycles. The average Bonchev–Trinajstić information content (AvgIpc) is 2.15. The Kier molecular flexibility index (Phi) is 3.49. The van der Waals surface area contributed by atoms with Crippen molar-refractivity contribution in [2.45, 2.75) is 0 Å². The van der Waals surface area contributed by atoms with Crippen LogP contribution < -0.4 is 4.74 Å². The molecule has 0 aliphatic heterocycles. The summed E-state index contributed by atoms with van der Waals surface area (Å²) in [5.41, 5.74) is 0.110. The van der Waals surface area contributed by atoms with Gasteiger partial charge in [-0.3, -0.25) is 0 Å². The van der Waals surface area contributed by atoms with E-state index in [9.17, 15) is 4.39 Å². The molecule has 0 fully saturated rings. The molecule has 0 saturated heterocycles. The van der Waals surface area contributed by atoms with Crippen molar-refractivity contribution in [3.63, 3.8) is 0 Å². The molecule has 14 heavy (non-hydrogen) atoms. The maximum Gasteiger partial charge on any atom is 0.138 e. The van der Waals surface area contributed by atoms with Gasteiger partial charge in [-0.2, -0.15) is 5.26 Å². The van der Waals surface area contributed by atoms with Gasteiger partial charge in [0.15, 0.2) is 0 Å². The summed E-state index contributed by atoms with van der Waals surface area (Å²) in [6.45, 7) is 3.50. The SMILES string of the molecule is C=C(Cl)COc1c[c]c(F)cc1C#N. The average molecular weight is 211 g/mol. The summed E-state index contributed by atoms with van der Waals surface area (Å²) in [7, 11) is 0. The first-order valence-corrected chi connectivity index (χ1v) is 4.08. The van der Waals surface area contributed by atoms with Gasteiger partial charge in [0.05, 0.1) is 5.56 Å². The zero-order valence-electron chi connectivity index (χ0n) is 7.18. The molecule has 0 aliphatic rings. The molecule has 0 amide bonds. The molecule has 2 nitrogen and oxygen atoms in total. The summed E-state index contributed by atoms with van der Waals surface area (Å²) >= 11 is 5.47. The molecule has 1 aromatic rings. The van der Waals surface area contributed by atoms with Gasteiger partial charge in [-0.25, -0.2) is 4.39 Å². The molecule has 71 valence electrons. The number of hydrogen-bond acceptors (Lipinski definition) is 2. The Morgan fingerprint density at radius 2 is 2.50 bits per heavy atom. The second-order valence-corrected chi connectivity index (χ2v) is 3.01. The molecule has 0 atom stereocenters. The van der Waals surface area contributed by atoms with Crippen LogP contribution in [0.5, 0.6) is 5.75 Å². The van der Waals surface area contributed by atoms with Gasteiger partial charge in [-0.15, -0.1) is 0 Å². The zero-order valence-corrected chi connectivity index (χ0v) is 7.94. The van der Waals surface area contributed by atoms with Crippen molar-refractivity contribution in [1.82, 2.24) is 0 Å². The van der Waals surface area contributed by atoms with Gasteiger partial charge in [-0.05, 0) is 12.1 Å². The van der Waals surface area contributed by atoms with Gasteiger partial charge in [0.25, 0.3) is 0 Å². The van der Waals surface area contributed by atoms with Crippen molar-refractivity contribution in [3.8, 4) is 11.8 Å². The van der Waals surface area contributed by atoms with Crippen LogP contribution in [0.4, 0.5) is 4.39 Å². The minimum atomic E-state index is -0.599. The highest BCUT2D eigenvalue weighted by molar-refractivity contribution is 6.29. The van der Waals surface area contributed by atoms with Gasteiger partial charge in [0.1, 0.15) is 24.2 Å². The molecule has 1 rings (SSSR count). The number of hydrogen-bond donors (Lipinski definition) is 0. The van der Waals surface area contributed by atoms with E-state index in [4.69, 9.17) is 21.6 Å². The predicted octanol–water partition coefficient (Wildman–Crippen LogP) is 2.63. The summed E-state index contributed by atoms with van der Waals surface area (Å²) in [5.74, 6) is -0.352. The lowest BCUT2D eigenvalue weighted by atomic mass is 10.2. The number of benzene rings is 1. The molecule has 0 aliphatic carbocycles. The molecule has 0 unspecified atom stereocenters. The fourth-order valence-electron chi connectivity index (χ4n) is 0.815. The molecule has 4 heteroatoms. The van der Waals surface area contributed by atoms with Crippen molar-refractivity contribution in [2.24, 2.45) is 0 Å². The van der Waals surface area contributed by atoms with Crippen LogP contribution in [0.25, 0.3) is 0 Å². The van der Waals surface area contributed by atoms with Crippen molar-refractivity contribution < 1.29 is 9.13 Å². The van der Waals surface area contributed by atoms with Crippen molar-refractivity contribution in [1.29, 1.82) is 5.26 Å². The second kappa shape index (κ2) is 4.64. The molecule has 0 heterocycles. The van der Waals surface area contributed by atoms with E-state index >= 15 is 0 Å². The highest BCUT2D eigenvalue weighted by Crippen LogP contribution is 2.18. The fourth-order valence-corrected chi connectivity index (χ4v) is 0.869. The maximum absolute atomic E-state index is 12.6. The standard InChI is InChI=1S/C10H6ClFNO/c1-7(11)6-14-10-3-2-9(12)4-8(10)5-13/h3-4H,1,6H2. The van der Waals surface area contributed by atoms with Crippen LogP contribution in [-0.4, -0.2) is 6.61 Å². The quantitative estimate of drug-likeness (QED) is 0.768. The van der Waals surface area contributed by atoms with Crippen LogP contribution in [0.15, 0.2) is 23.7 Å². The van der Waals surface area contributed by atoms with E-state index in [1.165, 1.54) is 6.07 Å². The van der Waals surface area contributed by atoms with Crippen molar-refractivity contribution in [3.05, 3.63) is 41.2 Å². The Bertz CT molecular complexity index is 398. The Morgan fingerprint density at radius 1 is 1.79 bits per heavy atom. The first-order chi connectivity index (χ1) is 6.63. The molecule has 0 bridgehead atoms. The minimum absolute atomic E-state index is 0.0791. The van der Waals surface area contributed by atoms with Crippen LogP contribution in [0, 0.1) is 23.2 Å². The lowest BCUT2D eigenvalue weighted by molar-refractivity contribution is 0.357. The van der Waals surface area contributed by atoms with Crippen LogP contribution in [0.3, 0.4) is 0 Å². The normalized spacial score (nSPS) is 9.21. The fraction of sp³-hybridized carbons (Fsp3) is 0.100. The lowest BCUT2D eigenvalue weighted by Crippen LogP contribution is -1.98. The molecular weight excluding hydrogens is 205 g/mol. The van der Waals surface area contributed by atoms with Gasteiger partial charge in [0.2, 0.25) is 0 Å². The Balaban J connectivity index is 2.87. The van der Waals surface area contributed by atoms with Crippen LogP contribution in [0.2, 0.25) is 0 Å². The van der Waals surface area contributed by atoms with Crippen LogP contribution in [0.1, 0.15) is 5.56 Å². The summed E-state index contributed by atoms with van der Waals surface area (Å²) in [5, 5.41) is 8.95. The van der Waals surface area contributed by atoms with E-state index < -0.39 is 5.82 Å². The van der Waals surface area contributed by atoms with E-state index in [2.05, 4.69) is 12.6 Å². The molecular formula is C10H6ClFNO. The number of nitrogens with zero attached hydrogens (tertiary/aromatic N) is 1. The number of ether oxygens (including phenoxy) is 1. The molecule has 0 saturated carbocycles. The predicted molar refractivity (Wildman–Crippen MR) is 50.4 cm³/mol. The van der Waals surface area contributed by atoms with Gasteiger partial charge < -0.3 is 4.74 Å². The number of halogens is 2. The first kappa shape index (κ1) is 10.6. The molecule has 0 aromatic heterocycles. The third-order valence-electron chi connectivity index (χ3n) is 1.38. The zero-order chi connectivity index (χ0) is 10.6. The smallest absolute Gasteiger partial charge is 0.138 e. The van der Waals surface area contributed by atoms with E-state index in [0.29, 0.717) is 5.03 Å². The van der Waals surface area contributed by atoms with E-state index in [0.717, 1.165) is 6.07 Å². The summed E-state index contributed by atoms with van der Waals surface area (Å²) in [6, 6.07) is 6.39. The monoisotopic (exact) mass is 210 g/mol. The first-order valence-electron chi connectivity index (χ1n) is 3.71. The number of nitriles is 1. The topological polar surface area (TPSA) is 33.0 Å². The van der Waals surface area contributed by atoms with Crippen molar-refractivity contribution in [2.75, 3.05) is 6.61 Å². The second-order valence-electron chi connectivity index (χ2n) is 2.48. The molecule has 0 N–H and O–H groups in total. The third-order valence-corrected chi connectivity index (χ3v) is 1.49. The Labute approximate surface area is 86.2 Å². The van der Waals surface area contributed by atoms with Gasteiger partial charge >= 0.3 is 0 Å². The maximum atomic E-state index is 12.6. The Hall–Kier alpha value is -1.53. The van der Waals surface area contributed by atoms with Crippen LogP contribution >= 0.6 is 11.6 Å². The van der Waals surface area contributed by atoms with E-state index in [1.54, 1.807) is 6.07 Å². The lowest BCUT2D eigenvalue weighted by Gasteiger charge is -2.05.